The number of nitrogens with two attached hydrogens (primary N) is 1. The highest BCUT2D eigenvalue weighted by Crippen LogP contribution is 2.29. The third kappa shape index (κ3) is 4.69. The first-order chi connectivity index (χ1) is 15.4. The minimum Gasteiger partial charge on any atom is -0.444 e. The van der Waals surface area contributed by atoms with Crippen LogP contribution in [0.3, 0.4) is 0 Å². The monoisotopic (exact) mass is 434 g/mol. The second-order valence-electron chi connectivity index (χ2n) is 8.53. The molecule has 0 bridgehead atoms. The number of nitrogens with zero attached hydrogens (tertiary/aromatic N) is 2. The van der Waals surface area contributed by atoms with Crippen LogP contribution in [0, 0.1) is 0 Å². The van der Waals surface area contributed by atoms with Gasteiger partial charge in [0.25, 0.3) is 5.91 Å². The molecular formula is C25H30N4O3. The molecule has 4 rings (SSSR count). The first-order valence-electron chi connectivity index (χ1n) is 11.0. The lowest BCUT2D eigenvalue weighted by Crippen LogP contribution is -2.46. The third-order valence-corrected chi connectivity index (χ3v) is 6.13. The molecular weight excluding hydrogens is 404 g/mol. The van der Waals surface area contributed by atoms with E-state index in [1.807, 2.05) is 48.7 Å². The van der Waals surface area contributed by atoms with Crippen LogP contribution in [0.5, 0.6) is 0 Å². The number of carbonyl (C=O) groups is 2. The minimum atomic E-state index is -0.840. The van der Waals surface area contributed by atoms with Gasteiger partial charge >= 0.3 is 6.09 Å². The molecule has 1 aliphatic rings. The Labute approximate surface area is 188 Å². The lowest BCUT2D eigenvalue weighted by Gasteiger charge is -2.23. The molecule has 7 nitrogen and oxygen atoms in total. The lowest BCUT2D eigenvalue weighted by molar-refractivity contribution is -0.119. The lowest BCUT2D eigenvalue weighted by atomic mass is 10.0. The first-order valence-corrected chi connectivity index (χ1v) is 11.0. The van der Waals surface area contributed by atoms with E-state index in [1.54, 1.807) is 13.0 Å². The number of aromatic amines is 1. The van der Waals surface area contributed by atoms with Crippen LogP contribution in [0.25, 0.3) is 10.9 Å². The highest BCUT2D eigenvalue weighted by molar-refractivity contribution is 6.14. The van der Waals surface area contributed by atoms with Gasteiger partial charge in [-0.1, -0.05) is 30.3 Å². The number of carbonyl (C=O) groups excluding carboxylic acids is 2. The average Bonchev–Trinajstić information content (AvgIpc) is 3.39. The molecule has 1 fully saturated rings. The Kier molecular flexibility index (Phi) is 6.58. The third-order valence-electron chi connectivity index (χ3n) is 6.13. The van der Waals surface area contributed by atoms with Crippen molar-refractivity contribution in [1.29, 1.82) is 0 Å². The number of hydrogen-bond donors (Lipinski definition) is 2. The Morgan fingerprint density at radius 1 is 1.25 bits per heavy atom. The van der Waals surface area contributed by atoms with Crippen LogP contribution in [0.4, 0.5) is 10.5 Å². The van der Waals surface area contributed by atoms with E-state index in [0.717, 1.165) is 34.3 Å². The Morgan fingerprint density at radius 2 is 2.03 bits per heavy atom. The van der Waals surface area contributed by atoms with Gasteiger partial charge in [0, 0.05) is 23.1 Å². The Morgan fingerprint density at radius 3 is 2.72 bits per heavy atom. The molecule has 0 unspecified atom stereocenters. The predicted molar refractivity (Wildman–Crippen MR) is 125 cm³/mol. The molecule has 3 aromatic rings. The fourth-order valence-corrected chi connectivity index (χ4v) is 4.28. The Bertz CT molecular complexity index is 1090. The summed E-state index contributed by atoms with van der Waals surface area (Å²) in [5.41, 5.74) is 9.30. The fourth-order valence-electron chi connectivity index (χ4n) is 4.28. The maximum atomic E-state index is 13.0. The highest BCUT2D eigenvalue weighted by atomic mass is 16.6. The molecule has 1 saturated heterocycles. The van der Waals surface area contributed by atoms with Gasteiger partial charge in [-0.05, 0) is 69.1 Å². The molecule has 0 saturated carbocycles. The van der Waals surface area contributed by atoms with Crippen LogP contribution in [0.2, 0.25) is 0 Å². The maximum absolute atomic E-state index is 13.0. The maximum Gasteiger partial charge on any atom is 0.421 e. The first kappa shape index (κ1) is 22.0. The molecule has 2 amide bonds. The van der Waals surface area contributed by atoms with E-state index < -0.39 is 18.0 Å². The zero-order chi connectivity index (χ0) is 22.7. The van der Waals surface area contributed by atoms with Gasteiger partial charge in [0.05, 0.1) is 11.7 Å². The zero-order valence-corrected chi connectivity index (χ0v) is 18.6. The van der Waals surface area contributed by atoms with Gasteiger partial charge in [-0.25, -0.2) is 9.69 Å². The van der Waals surface area contributed by atoms with Gasteiger partial charge < -0.3 is 20.4 Å². The second kappa shape index (κ2) is 9.54. The number of anilines is 1. The van der Waals surface area contributed by atoms with Crippen molar-refractivity contribution in [1.82, 2.24) is 9.88 Å². The van der Waals surface area contributed by atoms with Gasteiger partial charge in [0.2, 0.25) is 0 Å². The Balaban J connectivity index is 1.61. The SMILES string of the molecule is C[C@H](N)C(=O)N(C(=O)OCc1ccccc1)c1ccc2[nH]cc(C[C@H]3CCCN3C)c2c1. The molecule has 168 valence electrons. The molecule has 0 spiro atoms. The van der Waals surface area contributed by atoms with Crippen LogP contribution in [0.1, 0.15) is 30.9 Å². The number of rotatable bonds is 6. The summed E-state index contributed by atoms with van der Waals surface area (Å²) in [7, 11) is 2.16. The minimum absolute atomic E-state index is 0.0774. The van der Waals surface area contributed by atoms with E-state index >= 15 is 0 Å². The number of fused-ring (bicyclic) bond motifs is 1. The molecule has 2 aromatic carbocycles. The van der Waals surface area contributed by atoms with E-state index in [4.69, 9.17) is 10.5 Å². The number of imide groups is 1. The van der Waals surface area contributed by atoms with E-state index in [9.17, 15) is 9.59 Å². The quantitative estimate of drug-likeness (QED) is 0.615. The van der Waals surface area contributed by atoms with E-state index in [1.165, 1.54) is 18.4 Å². The van der Waals surface area contributed by atoms with Gasteiger partial charge in [0.1, 0.15) is 6.61 Å². The smallest absolute Gasteiger partial charge is 0.421 e. The zero-order valence-electron chi connectivity index (χ0n) is 18.6. The van der Waals surface area contributed by atoms with Gasteiger partial charge in [0.15, 0.2) is 0 Å². The molecule has 32 heavy (non-hydrogen) atoms. The van der Waals surface area contributed by atoms with Gasteiger partial charge in [-0.2, -0.15) is 0 Å². The largest absolute Gasteiger partial charge is 0.444 e. The van der Waals surface area contributed by atoms with E-state index in [-0.39, 0.29) is 6.61 Å². The second-order valence-corrected chi connectivity index (χ2v) is 8.53. The summed E-state index contributed by atoms with van der Waals surface area (Å²) in [5, 5.41) is 1.00. The standard InChI is InChI=1S/C25H30N4O3/c1-17(26)24(30)29(25(31)32-16-18-7-4-3-5-8-18)21-10-11-23-22(14-21)19(15-27-23)13-20-9-6-12-28(20)2/h3-5,7-8,10-11,14-15,17,20,27H,6,9,12-13,16,26H2,1-2H3/t17-,20+/m0/s1. The van der Waals surface area contributed by atoms with Crippen molar-refractivity contribution in [2.24, 2.45) is 5.73 Å². The molecule has 7 heteroatoms. The molecule has 0 radical (unpaired) electrons. The number of benzene rings is 2. The van der Waals surface area contributed by atoms with Crippen LogP contribution < -0.4 is 10.6 Å². The molecule has 1 aliphatic heterocycles. The topological polar surface area (TPSA) is 91.7 Å². The molecule has 1 aromatic heterocycles. The number of likely N-dealkylation sites (tertiary alicyclic amines) is 1. The predicted octanol–water partition coefficient (Wildman–Crippen LogP) is 3.82. The summed E-state index contributed by atoms with van der Waals surface area (Å²) in [6.07, 6.45) is 4.58. The number of nitrogens with one attached hydrogen (secondary N) is 1. The summed E-state index contributed by atoms with van der Waals surface area (Å²) in [4.78, 5) is 32.6. The summed E-state index contributed by atoms with van der Waals surface area (Å²) in [6.45, 7) is 2.76. The van der Waals surface area contributed by atoms with E-state index in [0.29, 0.717) is 11.7 Å². The van der Waals surface area contributed by atoms with Gasteiger partial charge in [-0.3, -0.25) is 4.79 Å². The average molecular weight is 435 g/mol. The van der Waals surface area contributed by atoms with Crippen molar-refractivity contribution in [2.45, 2.75) is 44.9 Å². The number of aromatic nitrogens is 1. The number of amides is 2. The van der Waals surface area contributed by atoms with Crippen molar-refractivity contribution < 1.29 is 14.3 Å². The summed E-state index contributed by atoms with van der Waals surface area (Å²) >= 11 is 0. The van der Waals surface area contributed by atoms with Crippen molar-refractivity contribution in [3.05, 3.63) is 65.9 Å². The van der Waals surface area contributed by atoms with Gasteiger partial charge in [-0.15, -0.1) is 0 Å². The van der Waals surface area contributed by atoms with Crippen molar-refractivity contribution in [2.75, 3.05) is 18.5 Å². The summed E-state index contributed by atoms with van der Waals surface area (Å²) in [5.74, 6) is -0.505. The molecule has 2 heterocycles. The number of likely N-dealkylation sites (N-methyl/N-ethyl adjacent to an activating group) is 1. The fraction of sp³-hybridized carbons (Fsp3) is 0.360. The Hall–Kier alpha value is -3.16. The van der Waals surface area contributed by atoms with Crippen LogP contribution >= 0.6 is 0 Å². The number of H-pyrrole nitrogens is 1. The molecule has 3 N–H and O–H groups in total. The summed E-state index contributed by atoms with van der Waals surface area (Å²) in [6, 6.07) is 14.5. The number of hydrogen-bond acceptors (Lipinski definition) is 5. The van der Waals surface area contributed by atoms with Crippen LogP contribution in [0.15, 0.2) is 54.7 Å². The van der Waals surface area contributed by atoms with Crippen molar-refractivity contribution >= 4 is 28.6 Å². The normalized spacial score (nSPS) is 17.4. The number of ether oxygens (including phenoxy) is 1. The molecule has 0 aliphatic carbocycles. The van der Waals surface area contributed by atoms with Crippen molar-refractivity contribution in [3.63, 3.8) is 0 Å². The van der Waals surface area contributed by atoms with Crippen LogP contribution in [-0.4, -0.2) is 47.6 Å². The van der Waals surface area contributed by atoms with Crippen LogP contribution in [-0.2, 0) is 22.6 Å². The van der Waals surface area contributed by atoms with Crippen molar-refractivity contribution in [3.8, 4) is 0 Å². The summed E-state index contributed by atoms with van der Waals surface area (Å²) < 4.78 is 5.46. The van der Waals surface area contributed by atoms with E-state index in [2.05, 4.69) is 16.9 Å². The highest BCUT2D eigenvalue weighted by Gasteiger charge is 2.28. The molecule has 2 atom stereocenters.